The summed E-state index contributed by atoms with van der Waals surface area (Å²) in [6.07, 6.45) is -0.408. The van der Waals surface area contributed by atoms with Gasteiger partial charge in [0, 0.05) is 30.6 Å². The number of carbonyl (C=O) groups is 1. The van der Waals surface area contributed by atoms with E-state index in [0.717, 1.165) is 11.4 Å². The average molecular weight is 359 g/mol. The number of anilines is 1. The van der Waals surface area contributed by atoms with Crippen molar-refractivity contribution in [1.82, 2.24) is 20.4 Å². The van der Waals surface area contributed by atoms with E-state index in [0.29, 0.717) is 25.3 Å². The minimum absolute atomic E-state index is 0.0279. The zero-order valence-corrected chi connectivity index (χ0v) is 15.4. The Labute approximate surface area is 153 Å². The molecule has 3 rings (SSSR count). The zero-order chi connectivity index (χ0) is 18.7. The van der Waals surface area contributed by atoms with Crippen LogP contribution in [0, 0.1) is 0 Å². The van der Waals surface area contributed by atoms with Gasteiger partial charge in [-0.3, -0.25) is 5.32 Å². The van der Waals surface area contributed by atoms with Gasteiger partial charge in [-0.15, -0.1) is 0 Å². The largest absolute Gasteiger partial charge is 0.336 e. The molecule has 2 aromatic rings. The van der Waals surface area contributed by atoms with Crippen molar-refractivity contribution in [3.63, 3.8) is 0 Å². The van der Waals surface area contributed by atoms with Crippen LogP contribution < -0.4 is 16.0 Å². The zero-order valence-electron chi connectivity index (χ0n) is 15.4. The van der Waals surface area contributed by atoms with E-state index in [-0.39, 0.29) is 17.5 Å². The third-order valence-electron chi connectivity index (χ3n) is 4.40. The third-order valence-corrected chi connectivity index (χ3v) is 4.40. The van der Waals surface area contributed by atoms with Gasteiger partial charge in [0.15, 0.2) is 0 Å². The van der Waals surface area contributed by atoms with Crippen LogP contribution >= 0.6 is 0 Å². The second-order valence-electron chi connectivity index (χ2n) is 7.69. The monoisotopic (exact) mass is 359 g/mol. The highest BCUT2D eigenvalue weighted by atomic mass is 19.1. The molecular weight excluding hydrogens is 333 g/mol. The fraction of sp³-hybridized carbons (Fsp3) is 0.474. The number of nitrogens with zero attached hydrogens (tertiary/aromatic N) is 2. The van der Waals surface area contributed by atoms with Crippen LogP contribution in [0.4, 0.5) is 15.0 Å². The molecule has 26 heavy (non-hydrogen) atoms. The van der Waals surface area contributed by atoms with Crippen LogP contribution in [0.1, 0.15) is 32.9 Å². The summed E-state index contributed by atoms with van der Waals surface area (Å²) in [5.74, 6) is 0.598. The molecule has 1 aliphatic heterocycles. The number of hydrogen-bond acceptors (Lipinski definition) is 3. The van der Waals surface area contributed by atoms with Crippen molar-refractivity contribution in [3.8, 4) is 5.69 Å². The first-order valence-electron chi connectivity index (χ1n) is 8.91. The highest BCUT2D eigenvalue weighted by Gasteiger charge is 2.24. The molecular formula is C19H26FN5O. The van der Waals surface area contributed by atoms with Crippen LogP contribution in [0.3, 0.4) is 0 Å². The lowest BCUT2D eigenvalue weighted by Gasteiger charge is -2.14. The van der Waals surface area contributed by atoms with Crippen molar-refractivity contribution in [2.75, 3.05) is 18.4 Å². The Balaban J connectivity index is 1.73. The third kappa shape index (κ3) is 4.40. The van der Waals surface area contributed by atoms with Crippen molar-refractivity contribution in [2.45, 2.75) is 44.8 Å². The Morgan fingerprint density at radius 3 is 2.69 bits per heavy atom. The van der Waals surface area contributed by atoms with Crippen LogP contribution in [0.2, 0.25) is 0 Å². The minimum Gasteiger partial charge on any atom is -0.336 e. The molecule has 140 valence electrons. The van der Waals surface area contributed by atoms with Crippen molar-refractivity contribution in [3.05, 3.63) is 42.1 Å². The molecule has 1 saturated heterocycles. The van der Waals surface area contributed by atoms with Gasteiger partial charge in [0.1, 0.15) is 12.0 Å². The van der Waals surface area contributed by atoms with E-state index in [1.165, 1.54) is 0 Å². The maximum Gasteiger partial charge on any atom is 0.320 e. The summed E-state index contributed by atoms with van der Waals surface area (Å²) in [5, 5.41) is 13.4. The summed E-state index contributed by atoms with van der Waals surface area (Å²) in [6, 6.07) is 11.2. The molecule has 0 bridgehead atoms. The van der Waals surface area contributed by atoms with Gasteiger partial charge in [0.05, 0.1) is 11.4 Å². The molecule has 2 unspecified atom stereocenters. The molecule has 2 heterocycles. The summed E-state index contributed by atoms with van der Waals surface area (Å²) in [7, 11) is 0. The second-order valence-corrected chi connectivity index (χ2v) is 7.69. The van der Waals surface area contributed by atoms with E-state index in [1.807, 2.05) is 36.4 Å². The fourth-order valence-corrected chi connectivity index (χ4v) is 2.90. The van der Waals surface area contributed by atoms with Crippen LogP contribution in [0.25, 0.3) is 5.69 Å². The van der Waals surface area contributed by atoms with Gasteiger partial charge in [-0.2, -0.15) is 5.10 Å². The molecule has 6 nitrogen and oxygen atoms in total. The van der Waals surface area contributed by atoms with Gasteiger partial charge in [-0.05, 0) is 18.6 Å². The molecule has 2 atom stereocenters. The number of rotatable bonds is 4. The SMILES string of the molecule is CC(C)(C)c1cc(NC(=O)NCC2CC(F)CN2)n(-c2ccccc2)n1. The molecule has 3 N–H and O–H groups in total. The first-order valence-corrected chi connectivity index (χ1v) is 8.91. The standard InChI is InChI=1S/C19H26FN5O/c1-19(2,3)16-10-17(25(24-16)15-7-5-4-6-8-15)23-18(26)22-12-14-9-13(20)11-21-14/h4-8,10,13-14,21H,9,11-12H2,1-3H3,(H2,22,23,26). The molecule has 0 saturated carbocycles. The van der Waals surface area contributed by atoms with Gasteiger partial charge in [0.2, 0.25) is 0 Å². The molecule has 0 spiro atoms. The normalized spacial score (nSPS) is 20.2. The van der Waals surface area contributed by atoms with Crippen LogP contribution in [0.15, 0.2) is 36.4 Å². The van der Waals surface area contributed by atoms with Crippen LogP contribution in [-0.4, -0.2) is 41.1 Å². The van der Waals surface area contributed by atoms with Crippen LogP contribution in [0.5, 0.6) is 0 Å². The fourth-order valence-electron chi connectivity index (χ4n) is 2.90. The Morgan fingerprint density at radius 1 is 1.35 bits per heavy atom. The molecule has 0 aliphatic carbocycles. The predicted molar refractivity (Wildman–Crippen MR) is 101 cm³/mol. The maximum absolute atomic E-state index is 13.2. The summed E-state index contributed by atoms with van der Waals surface area (Å²) >= 11 is 0. The van der Waals surface area contributed by atoms with E-state index >= 15 is 0 Å². The molecule has 1 aliphatic rings. The molecule has 7 heteroatoms. The van der Waals surface area contributed by atoms with Crippen molar-refractivity contribution in [1.29, 1.82) is 0 Å². The number of urea groups is 1. The van der Waals surface area contributed by atoms with E-state index < -0.39 is 6.17 Å². The molecule has 2 amide bonds. The number of alkyl halides is 1. The van der Waals surface area contributed by atoms with E-state index in [9.17, 15) is 9.18 Å². The van der Waals surface area contributed by atoms with Gasteiger partial charge in [-0.25, -0.2) is 13.9 Å². The topological polar surface area (TPSA) is 71.0 Å². The molecule has 1 aromatic heterocycles. The maximum atomic E-state index is 13.2. The molecule has 1 fully saturated rings. The lowest BCUT2D eigenvalue weighted by molar-refractivity contribution is 0.250. The van der Waals surface area contributed by atoms with E-state index in [1.54, 1.807) is 4.68 Å². The van der Waals surface area contributed by atoms with Crippen molar-refractivity contribution < 1.29 is 9.18 Å². The summed E-state index contributed by atoms with van der Waals surface area (Å²) in [6.45, 7) is 6.97. The van der Waals surface area contributed by atoms with E-state index in [4.69, 9.17) is 0 Å². The van der Waals surface area contributed by atoms with E-state index in [2.05, 4.69) is 41.8 Å². The number of aromatic nitrogens is 2. The number of para-hydroxylation sites is 1. The summed E-state index contributed by atoms with van der Waals surface area (Å²) in [5.41, 5.74) is 1.61. The molecule has 0 radical (unpaired) electrons. The summed E-state index contributed by atoms with van der Waals surface area (Å²) in [4.78, 5) is 12.3. The van der Waals surface area contributed by atoms with Gasteiger partial charge in [0.25, 0.3) is 0 Å². The van der Waals surface area contributed by atoms with Gasteiger partial charge >= 0.3 is 6.03 Å². The minimum atomic E-state index is -0.835. The first kappa shape index (κ1) is 18.4. The Hall–Kier alpha value is -2.41. The molecule has 1 aromatic carbocycles. The van der Waals surface area contributed by atoms with Gasteiger partial charge in [-0.1, -0.05) is 39.0 Å². The summed E-state index contributed by atoms with van der Waals surface area (Å²) < 4.78 is 14.9. The smallest absolute Gasteiger partial charge is 0.320 e. The quantitative estimate of drug-likeness (QED) is 0.786. The Kier molecular flexibility index (Phi) is 5.27. The highest BCUT2D eigenvalue weighted by molar-refractivity contribution is 5.88. The number of halogens is 1. The number of nitrogens with one attached hydrogen (secondary N) is 3. The first-order chi connectivity index (χ1) is 12.3. The second kappa shape index (κ2) is 7.45. The van der Waals surface area contributed by atoms with Gasteiger partial charge < -0.3 is 10.6 Å². The lowest BCUT2D eigenvalue weighted by atomic mass is 9.92. The number of hydrogen-bond donors (Lipinski definition) is 3. The predicted octanol–water partition coefficient (Wildman–Crippen LogP) is 2.99. The number of carbonyl (C=O) groups excluding carboxylic acids is 1. The van der Waals surface area contributed by atoms with Crippen molar-refractivity contribution >= 4 is 11.8 Å². The van der Waals surface area contributed by atoms with Crippen molar-refractivity contribution in [2.24, 2.45) is 0 Å². The lowest BCUT2D eigenvalue weighted by Crippen LogP contribution is -2.39. The average Bonchev–Trinajstić information content (AvgIpc) is 3.20. The number of amides is 2. The Morgan fingerprint density at radius 2 is 2.08 bits per heavy atom. The number of benzene rings is 1. The Bertz CT molecular complexity index is 753. The highest BCUT2D eigenvalue weighted by Crippen LogP contribution is 2.26. The van der Waals surface area contributed by atoms with Crippen LogP contribution in [-0.2, 0) is 5.41 Å².